The first-order chi connectivity index (χ1) is 13.7. The van der Waals surface area contributed by atoms with Crippen molar-refractivity contribution in [3.05, 3.63) is 78.4 Å². The number of hydrogen-bond acceptors (Lipinski definition) is 4. The van der Waals surface area contributed by atoms with E-state index in [2.05, 4.69) is 15.6 Å². The highest BCUT2D eigenvalue weighted by molar-refractivity contribution is 5.89. The largest absolute Gasteiger partial charge is 0.497 e. The molecule has 1 aromatic heterocycles. The molecule has 0 bridgehead atoms. The van der Waals surface area contributed by atoms with Gasteiger partial charge in [-0.05, 0) is 54.1 Å². The Kier molecular flexibility index (Phi) is 4.93. The Morgan fingerprint density at radius 3 is 2.46 bits per heavy atom. The van der Waals surface area contributed by atoms with Crippen LogP contribution in [0, 0.1) is 0 Å². The minimum atomic E-state index is -0.273. The highest BCUT2D eigenvalue weighted by Crippen LogP contribution is 2.25. The van der Waals surface area contributed by atoms with Gasteiger partial charge in [0, 0.05) is 17.8 Å². The molecule has 6 nitrogen and oxygen atoms in total. The fourth-order valence-electron chi connectivity index (χ4n) is 2.79. The zero-order chi connectivity index (χ0) is 19.3. The van der Waals surface area contributed by atoms with Gasteiger partial charge in [0.15, 0.2) is 5.58 Å². The van der Waals surface area contributed by atoms with Crippen LogP contribution in [0.25, 0.3) is 22.6 Å². The van der Waals surface area contributed by atoms with Crippen molar-refractivity contribution in [3.8, 4) is 17.2 Å². The quantitative estimate of drug-likeness (QED) is 0.526. The van der Waals surface area contributed by atoms with E-state index in [1.54, 1.807) is 7.11 Å². The Hall–Kier alpha value is -3.80. The first-order valence-electron chi connectivity index (χ1n) is 8.85. The maximum Gasteiger partial charge on any atom is 0.319 e. The van der Waals surface area contributed by atoms with Crippen LogP contribution in [-0.4, -0.2) is 18.1 Å². The van der Waals surface area contributed by atoms with Gasteiger partial charge in [-0.3, -0.25) is 0 Å². The summed E-state index contributed by atoms with van der Waals surface area (Å²) in [6.45, 7) is 0.427. The van der Waals surface area contributed by atoms with Gasteiger partial charge in [0.05, 0.1) is 7.11 Å². The summed E-state index contributed by atoms with van der Waals surface area (Å²) >= 11 is 0. The van der Waals surface area contributed by atoms with E-state index in [0.717, 1.165) is 28.0 Å². The van der Waals surface area contributed by atoms with E-state index in [4.69, 9.17) is 9.15 Å². The number of oxazole rings is 1. The molecule has 6 heteroatoms. The molecule has 0 saturated carbocycles. The minimum Gasteiger partial charge on any atom is -0.497 e. The second kappa shape index (κ2) is 7.84. The number of para-hydroxylation sites is 2. The number of amides is 2. The summed E-state index contributed by atoms with van der Waals surface area (Å²) in [6, 6.07) is 22.3. The molecule has 4 rings (SSSR count). The van der Waals surface area contributed by atoms with Crippen molar-refractivity contribution in [1.82, 2.24) is 10.3 Å². The van der Waals surface area contributed by atoms with Crippen LogP contribution in [0.2, 0.25) is 0 Å². The minimum absolute atomic E-state index is 0.273. The summed E-state index contributed by atoms with van der Waals surface area (Å²) in [5, 5.41) is 5.64. The number of rotatable bonds is 5. The standard InChI is InChI=1S/C22H19N3O3/c1-27-18-12-6-15(7-13-18)14-23-22(26)24-17-10-8-16(9-11-17)21-25-19-4-2-3-5-20(19)28-21/h2-13H,14H2,1H3,(H2,23,24,26). The van der Waals surface area contributed by atoms with Gasteiger partial charge in [-0.2, -0.15) is 0 Å². The molecule has 0 aliphatic carbocycles. The first kappa shape index (κ1) is 17.6. The van der Waals surface area contributed by atoms with Gasteiger partial charge in [0.2, 0.25) is 5.89 Å². The van der Waals surface area contributed by atoms with Gasteiger partial charge in [-0.25, -0.2) is 9.78 Å². The molecule has 2 N–H and O–H groups in total. The highest BCUT2D eigenvalue weighted by atomic mass is 16.5. The zero-order valence-electron chi connectivity index (χ0n) is 15.3. The second-order valence-electron chi connectivity index (χ2n) is 6.22. The number of aromatic nitrogens is 1. The number of carbonyl (C=O) groups is 1. The molecule has 0 spiro atoms. The molecule has 140 valence electrons. The van der Waals surface area contributed by atoms with Crippen molar-refractivity contribution >= 4 is 22.8 Å². The maximum absolute atomic E-state index is 12.1. The lowest BCUT2D eigenvalue weighted by Crippen LogP contribution is -2.28. The van der Waals surface area contributed by atoms with E-state index in [0.29, 0.717) is 18.1 Å². The molecule has 3 aromatic carbocycles. The van der Waals surface area contributed by atoms with Gasteiger partial charge in [0.1, 0.15) is 11.3 Å². The fraction of sp³-hybridized carbons (Fsp3) is 0.0909. The topological polar surface area (TPSA) is 76.4 Å². The number of anilines is 1. The van der Waals surface area contributed by atoms with Crippen molar-refractivity contribution < 1.29 is 13.9 Å². The number of hydrogen-bond donors (Lipinski definition) is 2. The van der Waals surface area contributed by atoms with E-state index in [1.165, 1.54) is 0 Å². The first-order valence-corrected chi connectivity index (χ1v) is 8.85. The number of nitrogens with zero attached hydrogens (tertiary/aromatic N) is 1. The Morgan fingerprint density at radius 1 is 1.00 bits per heavy atom. The van der Waals surface area contributed by atoms with Crippen LogP contribution in [0.15, 0.2) is 77.2 Å². The number of urea groups is 1. The second-order valence-corrected chi connectivity index (χ2v) is 6.22. The van der Waals surface area contributed by atoms with Gasteiger partial charge >= 0.3 is 6.03 Å². The summed E-state index contributed by atoms with van der Waals surface area (Å²) in [4.78, 5) is 16.6. The third-order valence-electron chi connectivity index (χ3n) is 4.30. The van der Waals surface area contributed by atoms with E-state index >= 15 is 0 Å². The molecule has 0 radical (unpaired) electrons. The van der Waals surface area contributed by atoms with Crippen molar-refractivity contribution in [2.45, 2.75) is 6.54 Å². The van der Waals surface area contributed by atoms with Gasteiger partial charge in [-0.1, -0.05) is 24.3 Å². The molecular weight excluding hydrogens is 354 g/mol. The van der Waals surface area contributed by atoms with Crippen LogP contribution >= 0.6 is 0 Å². The molecular formula is C22H19N3O3. The Morgan fingerprint density at radius 2 is 1.75 bits per heavy atom. The number of benzene rings is 3. The van der Waals surface area contributed by atoms with Crippen LogP contribution in [0.4, 0.5) is 10.5 Å². The highest BCUT2D eigenvalue weighted by Gasteiger charge is 2.08. The summed E-state index contributed by atoms with van der Waals surface area (Å²) < 4.78 is 10.9. The molecule has 0 unspecified atom stereocenters. The van der Waals surface area contributed by atoms with E-state index in [-0.39, 0.29) is 6.03 Å². The van der Waals surface area contributed by atoms with E-state index in [1.807, 2.05) is 72.8 Å². The van der Waals surface area contributed by atoms with Gasteiger partial charge in [0.25, 0.3) is 0 Å². The van der Waals surface area contributed by atoms with Gasteiger partial charge < -0.3 is 19.8 Å². The Bertz CT molecular complexity index is 1050. The molecule has 0 aliphatic heterocycles. The molecule has 4 aromatic rings. The average Bonchev–Trinajstić information content (AvgIpc) is 3.17. The van der Waals surface area contributed by atoms with Crippen molar-refractivity contribution in [3.63, 3.8) is 0 Å². The predicted octanol–water partition coefficient (Wildman–Crippen LogP) is 4.83. The lowest BCUT2D eigenvalue weighted by Gasteiger charge is -2.08. The lowest BCUT2D eigenvalue weighted by atomic mass is 10.2. The fourth-order valence-corrected chi connectivity index (χ4v) is 2.79. The molecule has 0 aliphatic rings. The number of methoxy groups -OCH3 is 1. The third kappa shape index (κ3) is 3.96. The maximum atomic E-state index is 12.1. The third-order valence-corrected chi connectivity index (χ3v) is 4.30. The Balaban J connectivity index is 1.36. The van der Waals surface area contributed by atoms with Crippen molar-refractivity contribution in [2.24, 2.45) is 0 Å². The smallest absolute Gasteiger partial charge is 0.319 e. The summed E-state index contributed by atoms with van der Waals surface area (Å²) in [5.74, 6) is 1.34. The van der Waals surface area contributed by atoms with Crippen LogP contribution in [0.1, 0.15) is 5.56 Å². The van der Waals surface area contributed by atoms with Crippen molar-refractivity contribution in [1.29, 1.82) is 0 Å². The average molecular weight is 373 g/mol. The van der Waals surface area contributed by atoms with E-state index in [9.17, 15) is 4.79 Å². The number of carbonyl (C=O) groups excluding carboxylic acids is 1. The lowest BCUT2D eigenvalue weighted by molar-refractivity contribution is 0.251. The number of fused-ring (bicyclic) bond motifs is 1. The van der Waals surface area contributed by atoms with Crippen molar-refractivity contribution in [2.75, 3.05) is 12.4 Å². The Labute approximate surface area is 162 Å². The normalized spacial score (nSPS) is 10.6. The SMILES string of the molecule is COc1ccc(CNC(=O)Nc2ccc(-c3nc4ccccc4o3)cc2)cc1. The summed E-state index contributed by atoms with van der Waals surface area (Å²) in [5.41, 5.74) is 4.09. The zero-order valence-corrected chi connectivity index (χ0v) is 15.3. The summed E-state index contributed by atoms with van der Waals surface area (Å²) in [6.07, 6.45) is 0. The summed E-state index contributed by atoms with van der Waals surface area (Å²) in [7, 11) is 1.62. The molecule has 0 saturated heterocycles. The monoisotopic (exact) mass is 373 g/mol. The molecule has 0 atom stereocenters. The molecule has 0 fully saturated rings. The van der Waals surface area contributed by atoms with Crippen LogP contribution < -0.4 is 15.4 Å². The van der Waals surface area contributed by atoms with Crippen LogP contribution in [0.5, 0.6) is 5.75 Å². The molecule has 1 heterocycles. The molecule has 28 heavy (non-hydrogen) atoms. The number of ether oxygens (including phenoxy) is 1. The predicted molar refractivity (Wildman–Crippen MR) is 108 cm³/mol. The van der Waals surface area contributed by atoms with Gasteiger partial charge in [-0.15, -0.1) is 0 Å². The number of nitrogens with one attached hydrogen (secondary N) is 2. The van der Waals surface area contributed by atoms with E-state index < -0.39 is 0 Å². The van der Waals surface area contributed by atoms with Crippen LogP contribution in [-0.2, 0) is 6.54 Å². The molecule has 2 amide bonds. The van der Waals surface area contributed by atoms with Crippen LogP contribution in [0.3, 0.4) is 0 Å².